The number of pyridine rings is 1. The van der Waals surface area contributed by atoms with Gasteiger partial charge in [0.2, 0.25) is 0 Å². The Balaban J connectivity index is 1.59. The highest BCUT2D eigenvalue weighted by Gasteiger charge is 2.06. The maximum atomic E-state index is 4.47. The van der Waals surface area contributed by atoms with Gasteiger partial charge in [-0.2, -0.15) is 10.2 Å². The molecule has 0 fully saturated rings. The van der Waals surface area contributed by atoms with Crippen molar-refractivity contribution >= 4 is 11.0 Å². The Labute approximate surface area is 123 Å². The van der Waals surface area contributed by atoms with Crippen molar-refractivity contribution in [1.82, 2.24) is 34.8 Å². The molecule has 110 valence electrons. The third-order valence-corrected chi connectivity index (χ3v) is 3.42. The molecule has 7 nitrogen and oxygen atoms in total. The Hall–Kier alpha value is -2.28. The molecule has 0 atom stereocenters. The van der Waals surface area contributed by atoms with Crippen LogP contribution in [0.4, 0.5) is 0 Å². The van der Waals surface area contributed by atoms with Crippen LogP contribution in [0.25, 0.3) is 11.0 Å². The number of rotatable bonds is 5. The van der Waals surface area contributed by atoms with Crippen molar-refractivity contribution in [3.8, 4) is 0 Å². The summed E-state index contributed by atoms with van der Waals surface area (Å²) in [5.41, 5.74) is 3.10. The molecule has 21 heavy (non-hydrogen) atoms. The molecule has 0 saturated heterocycles. The molecule has 0 spiro atoms. The number of nitrogens with one attached hydrogen (secondary N) is 1. The smallest absolute Gasteiger partial charge is 0.157 e. The zero-order valence-electron chi connectivity index (χ0n) is 12.5. The van der Waals surface area contributed by atoms with Crippen LogP contribution in [0.2, 0.25) is 0 Å². The van der Waals surface area contributed by atoms with E-state index in [1.54, 1.807) is 11.0 Å². The van der Waals surface area contributed by atoms with Gasteiger partial charge in [0.15, 0.2) is 11.5 Å². The highest BCUT2D eigenvalue weighted by Crippen LogP contribution is 2.16. The van der Waals surface area contributed by atoms with Gasteiger partial charge < -0.3 is 5.32 Å². The lowest BCUT2D eigenvalue weighted by atomic mass is 10.2. The molecule has 0 saturated carbocycles. The van der Waals surface area contributed by atoms with Crippen LogP contribution in [0.3, 0.4) is 0 Å². The Morgan fingerprint density at radius 3 is 2.81 bits per heavy atom. The van der Waals surface area contributed by atoms with Gasteiger partial charge in [-0.15, -0.1) is 0 Å². The minimum absolute atomic E-state index is 0.782. The number of fused-ring (bicyclic) bond motifs is 1. The summed E-state index contributed by atoms with van der Waals surface area (Å²) < 4.78 is 3.53. The van der Waals surface area contributed by atoms with Gasteiger partial charge in [-0.25, -0.2) is 9.97 Å². The number of hydrogen-bond donors (Lipinski definition) is 1. The zero-order chi connectivity index (χ0) is 14.8. The first-order valence-corrected chi connectivity index (χ1v) is 6.97. The van der Waals surface area contributed by atoms with Crippen LogP contribution < -0.4 is 5.32 Å². The fourth-order valence-corrected chi connectivity index (χ4v) is 2.38. The lowest BCUT2D eigenvalue weighted by Gasteiger charge is -2.04. The summed E-state index contributed by atoms with van der Waals surface area (Å²) in [7, 11) is 3.79. The zero-order valence-corrected chi connectivity index (χ0v) is 12.5. The van der Waals surface area contributed by atoms with Gasteiger partial charge in [-0.1, -0.05) is 0 Å². The normalized spacial score (nSPS) is 11.4. The van der Waals surface area contributed by atoms with Gasteiger partial charge in [-0.05, 0) is 18.6 Å². The molecule has 3 rings (SSSR count). The van der Waals surface area contributed by atoms with E-state index in [9.17, 15) is 0 Å². The lowest BCUT2D eigenvalue weighted by molar-refractivity contribution is 0.660. The fraction of sp³-hybridized carbons (Fsp3) is 0.429. The number of hydrogen-bond acceptors (Lipinski definition) is 5. The first-order chi connectivity index (χ1) is 10.1. The summed E-state index contributed by atoms with van der Waals surface area (Å²) >= 11 is 0. The predicted octanol–water partition coefficient (Wildman–Crippen LogP) is 0.738. The summed E-state index contributed by atoms with van der Waals surface area (Å²) in [6.07, 6.45) is 4.44. The van der Waals surface area contributed by atoms with E-state index in [0.717, 1.165) is 47.6 Å². The van der Waals surface area contributed by atoms with Gasteiger partial charge >= 0.3 is 0 Å². The van der Waals surface area contributed by atoms with E-state index < -0.39 is 0 Å². The van der Waals surface area contributed by atoms with Crippen molar-refractivity contribution < 1.29 is 0 Å². The van der Waals surface area contributed by atoms with Gasteiger partial charge in [0.1, 0.15) is 6.33 Å². The molecule has 0 aromatic carbocycles. The van der Waals surface area contributed by atoms with E-state index in [4.69, 9.17) is 0 Å². The molecule has 0 unspecified atom stereocenters. The van der Waals surface area contributed by atoms with Crippen molar-refractivity contribution in [2.75, 3.05) is 6.54 Å². The Morgan fingerprint density at radius 2 is 2.05 bits per heavy atom. The Morgan fingerprint density at radius 1 is 1.19 bits per heavy atom. The van der Waals surface area contributed by atoms with Crippen LogP contribution in [0.15, 0.2) is 18.6 Å². The molecule has 3 aromatic heterocycles. The monoisotopic (exact) mass is 285 g/mol. The van der Waals surface area contributed by atoms with E-state index >= 15 is 0 Å². The highest BCUT2D eigenvalue weighted by molar-refractivity contribution is 5.78. The lowest BCUT2D eigenvalue weighted by Crippen LogP contribution is -2.17. The third-order valence-electron chi connectivity index (χ3n) is 3.42. The predicted molar refractivity (Wildman–Crippen MR) is 79.7 cm³/mol. The van der Waals surface area contributed by atoms with Gasteiger partial charge in [0.05, 0.1) is 5.69 Å². The van der Waals surface area contributed by atoms with E-state index in [2.05, 4.69) is 31.5 Å². The molecule has 0 radical (unpaired) electrons. The van der Waals surface area contributed by atoms with Crippen LogP contribution in [0.5, 0.6) is 0 Å². The van der Waals surface area contributed by atoms with Crippen LogP contribution in [0, 0.1) is 6.92 Å². The molecule has 0 aliphatic carbocycles. The minimum Gasteiger partial charge on any atom is -0.312 e. The molecular formula is C14H19N7. The van der Waals surface area contributed by atoms with E-state index in [1.807, 2.05) is 31.9 Å². The van der Waals surface area contributed by atoms with E-state index in [0.29, 0.717) is 0 Å². The topological polar surface area (TPSA) is 73.5 Å². The summed E-state index contributed by atoms with van der Waals surface area (Å²) in [5.74, 6) is 0.863. The van der Waals surface area contributed by atoms with Crippen LogP contribution >= 0.6 is 0 Å². The summed E-state index contributed by atoms with van der Waals surface area (Å²) in [6.45, 7) is 3.63. The standard InChI is InChI=1S/C14H19N7/c1-10-12-6-11(8-16-14(12)21(3)18-10)7-15-5-4-13-17-9-20(2)19-13/h6,8-9,15H,4-5,7H2,1-3H3. The second kappa shape index (κ2) is 5.61. The largest absolute Gasteiger partial charge is 0.312 e. The maximum Gasteiger partial charge on any atom is 0.157 e. The van der Waals surface area contributed by atoms with Crippen molar-refractivity contribution in [1.29, 1.82) is 0 Å². The van der Waals surface area contributed by atoms with Crippen LogP contribution in [0.1, 0.15) is 17.1 Å². The van der Waals surface area contributed by atoms with Gasteiger partial charge in [0, 0.05) is 45.2 Å². The molecule has 3 aromatic rings. The number of aromatic nitrogens is 6. The number of aryl methyl sites for hydroxylation is 3. The Kier molecular flexibility index (Phi) is 3.66. The van der Waals surface area contributed by atoms with Crippen molar-refractivity contribution in [3.05, 3.63) is 35.7 Å². The second-order valence-corrected chi connectivity index (χ2v) is 5.18. The molecule has 0 amide bonds. The van der Waals surface area contributed by atoms with Crippen LogP contribution in [-0.4, -0.2) is 36.1 Å². The average molecular weight is 285 g/mol. The first kappa shape index (κ1) is 13.7. The fourth-order valence-electron chi connectivity index (χ4n) is 2.38. The molecule has 0 aliphatic heterocycles. The van der Waals surface area contributed by atoms with Crippen molar-refractivity contribution in [3.63, 3.8) is 0 Å². The third kappa shape index (κ3) is 2.92. The summed E-state index contributed by atoms with van der Waals surface area (Å²) in [6, 6.07) is 2.15. The van der Waals surface area contributed by atoms with E-state index in [1.165, 1.54) is 0 Å². The molecule has 7 heteroatoms. The molecule has 1 N–H and O–H groups in total. The van der Waals surface area contributed by atoms with Crippen molar-refractivity contribution in [2.45, 2.75) is 19.9 Å². The molecule has 0 bridgehead atoms. The van der Waals surface area contributed by atoms with Crippen molar-refractivity contribution in [2.24, 2.45) is 14.1 Å². The molecule has 3 heterocycles. The minimum atomic E-state index is 0.782. The SMILES string of the molecule is Cc1nn(C)c2ncc(CNCCc3ncn(C)n3)cc12. The van der Waals surface area contributed by atoms with Gasteiger partial charge in [-0.3, -0.25) is 9.36 Å². The highest BCUT2D eigenvalue weighted by atomic mass is 15.3. The average Bonchev–Trinajstić information content (AvgIpc) is 3.00. The maximum absolute atomic E-state index is 4.47. The number of nitrogens with zero attached hydrogens (tertiary/aromatic N) is 6. The van der Waals surface area contributed by atoms with Crippen LogP contribution in [-0.2, 0) is 27.1 Å². The molecule has 0 aliphatic rings. The summed E-state index contributed by atoms with van der Waals surface area (Å²) in [5, 5.41) is 13.1. The van der Waals surface area contributed by atoms with E-state index in [-0.39, 0.29) is 0 Å². The Bertz CT molecular complexity index is 756. The molecular weight excluding hydrogens is 266 g/mol. The summed E-state index contributed by atoms with van der Waals surface area (Å²) in [4.78, 5) is 8.68. The first-order valence-electron chi connectivity index (χ1n) is 6.97. The second-order valence-electron chi connectivity index (χ2n) is 5.18. The quantitative estimate of drug-likeness (QED) is 0.700. The van der Waals surface area contributed by atoms with Gasteiger partial charge in [0.25, 0.3) is 0 Å².